The molecule has 1 aliphatic rings. The molecule has 0 bridgehead atoms. The third-order valence-electron chi connectivity index (χ3n) is 7.55. The molecule has 8 rings (SSSR count). The van der Waals surface area contributed by atoms with Crippen molar-refractivity contribution in [2.75, 3.05) is 6.54 Å². The molecule has 1 aliphatic heterocycles. The number of benzene rings is 3. The summed E-state index contributed by atoms with van der Waals surface area (Å²) in [5, 5.41) is 6.55. The summed E-state index contributed by atoms with van der Waals surface area (Å²) in [5.74, 6) is 1.72. The number of para-hydroxylation sites is 1. The number of pyridine rings is 2. The number of dihydropyridines is 1. The van der Waals surface area contributed by atoms with Crippen molar-refractivity contribution in [2.24, 2.45) is 0 Å². The predicted octanol–water partition coefficient (Wildman–Crippen LogP) is 8.15. The molecule has 0 fully saturated rings. The number of allylic oxidation sites excluding steroid dienone is 2. The van der Waals surface area contributed by atoms with Gasteiger partial charge in [0.1, 0.15) is 17.2 Å². The fourth-order valence-corrected chi connectivity index (χ4v) is 5.67. The van der Waals surface area contributed by atoms with Gasteiger partial charge in [-0.25, -0.2) is 4.98 Å². The third-order valence-corrected chi connectivity index (χ3v) is 7.55. The van der Waals surface area contributed by atoms with Crippen molar-refractivity contribution in [3.63, 3.8) is 0 Å². The van der Waals surface area contributed by atoms with E-state index < -0.39 is 0 Å². The Bertz CT molecular complexity index is 2100. The van der Waals surface area contributed by atoms with Crippen LogP contribution in [0.4, 0.5) is 0 Å². The summed E-state index contributed by atoms with van der Waals surface area (Å²) in [6.45, 7) is 0.776. The molecule has 190 valence electrons. The van der Waals surface area contributed by atoms with Crippen molar-refractivity contribution < 1.29 is 4.42 Å². The highest BCUT2D eigenvalue weighted by Gasteiger charge is 2.20. The van der Waals surface area contributed by atoms with Crippen molar-refractivity contribution in [1.82, 2.24) is 19.9 Å². The van der Waals surface area contributed by atoms with Crippen molar-refractivity contribution in [3.8, 4) is 28.3 Å². The Morgan fingerprint density at radius 3 is 2.45 bits per heavy atom. The zero-order chi connectivity index (χ0) is 26.5. The van der Waals surface area contributed by atoms with Gasteiger partial charge < -0.3 is 9.73 Å². The SMILES string of the molecule is C1=CC(c2cc(-c3ccncc3)cc(-n3c4ccccc4c4c5oc(-c6ccccc6)cc5ccc43)n2)=CCN1. The maximum absolute atomic E-state index is 6.57. The molecular weight excluding hydrogens is 492 g/mol. The van der Waals surface area contributed by atoms with Crippen LogP contribution < -0.4 is 5.32 Å². The summed E-state index contributed by atoms with van der Waals surface area (Å²) < 4.78 is 8.83. The molecule has 1 N–H and O–H groups in total. The number of hydrogen-bond donors (Lipinski definition) is 1. The quantitative estimate of drug-likeness (QED) is 0.256. The van der Waals surface area contributed by atoms with Gasteiger partial charge in [0, 0.05) is 35.3 Å². The molecule has 5 nitrogen and oxygen atoms in total. The van der Waals surface area contributed by atoms with Gasteiger partial charge in [0.05, 0.1) is 22.1 Å². The Balaban J connectivity index is 1.42. The van der Waals surface area contributed by atoms with Crippen LogP contribution in [-0.4, -0.2) is 21.1 Å². The monoisotopic (exact) mass is 516 g/mol. The molecule has 0 atom stereocenters. The largest absolute Gasteiger partial charge is 0.455 e. The topological polar surface area (TPSA) is 55.9 Å². The fourth-order valence-electron chi connectivity index (χ4n) is 5.67. The maximum atomic E-state index is 6.57. The molecule has 0 radical (unpaired) electrons. The standard InChI is InChI=1S/C35H24N4O/c1-2-6-25(7-3-1)32-21-26-10-11-31-34(35(26)40-32)28-8-4-5-9-30(28)39(31)33-22-27(23-12-16-36-17-13-23)20-29(38-33)24-14-18-37-19-15-24/h1-18,20-22,37H,19H2. The Morgan fingerprint density at radius 2 is 1.60 bits per heavy atom. The molecule has 3 aromatic carbocycles. The van der Waals surface area contributed by atoms with Crippen LogP contribution >= 0.6 is 0 Å². The van der Waals surface area contributed by atoms with E-state index in [9.17, 15) is 0 Å². The summed E-state index contributed by atoms with van der Waals surface area (Å²) in [5.41, 5.74) is 8.31. The summed E-state index contributed by atoms with van der Waals surface area (Å²) in [6.07, 6.45) is 9.89. The lowest BCUT2D eigenvalue weighted by Gasteiger charge is -2.14. The second-order valence-electron chi connectivity index (χ2n) is 9.94. The number of hydrogen-bond acceptors (Lipinski definition) is 4. The van der Waals surface area contributed by atoms with Gasteiger partial charge in [0.25, 0.3) is 0 Å². The molecule has 0 unspecified atom stereocenters. The number of furan rings is 1. The average molecular weight is 517 g/mol. The first-order valence-electron chi connectivity index (χ1n) is 13.4. The predicted molar refractivity (Wildman–Crippen MR) is 162 cm³/mol. The normalized spacial score (nSPS) is 13.2. The van der Waals surface area contributed by atoms with Gasteiger partial charge in [-0.3, -0.25) is 9.55 Å². The second kappa shape index (κ2) is 9.10. The molecule has 40 heavy (non-hydrogen) atoms. The van der Waals surface area contributed by atoms with Crippen LogP contribution in [0, 0.1) is 0 Å². The van der Waals surface area contributed by atoms with Gasteiger partial charge in [0.2, 0.25) is 0 Å². The number of fused-ring (bicyclic) bond motifs is 5. The first kappa shape index (κ1) is 22.6. The molecule has 4 aromatic heterocycles. The third kappa shape index (κ3) is 3.63. The van der Waals surface area contributed by atoms with Crippen LogP contribution in [-0.2, 0) is 0 Å². The van der Waals surface area contributed by atoms with E-state index >= 15 is 0 Å². The van der Waals surface area contributed by atoms with Gasteiger partial charge >= 0.3 is 0 Å². The molecule has 0 saturated heterocycles. The smallest absolute Gasteiger partial charge is 0.144 e. The number of nitrogens with zero attached hydrogens (tertiary/aromatic N) is 3. The van der Waals surface area contributed by atoms with Crippen LogP contribution in [0.25, 0.3) is 66.6 Å². The molecule has 0 amide bonds. The van der Waals surface area contributed by atoms with E-state index in [4.69, 9.17) is 9.40 Å². The fraction of sp³-hybridized carbons (Fsp3) is 0.0286. The van der Waals surface area contributed by atoms with E-state index in [1.807, 2.05) is 48.9 Å². The van der Waals surface area contributed by atoms with E-state index in [1.165, 1.54) is 0 Å². The molecule has 7 aromatic rings. The highest BCUT2D eigenvalue weighted by molar-refractivity contribution is 6.20. The zero-order valence-electron chi connectivity index (χ0n) is 21.6. The van der Waals surface area contributed by atoms with Crippen LogP contribution in [0.3, 0.4) is 0 Å². The van der Waals surface area contributed by atoms with E-state index in [2.05, 4.69) is 93.7 Å². The number of aromatic nitrogens is 3. The first-order chi connectivity index (χ1) is 19.8. The molecule has 0 saturated carbocycles. The van der Waals surface area contributed by atoms with Gasteiger partial charge in [-0.1, -0.05) is 54.6 Å². The minimum atomic E-state index is 0.776. The Hall–Kier alpha value is -5.42. The summed E-state index contributed by atoms with van der Waals surface area (Å²) in [7, 11) is 0. The Kier molecular flexibility index (Phi) is 5.13. The lowest BCUT2D eigenvalue weighted by molar-refractivity contribution is 0.635. The lowest BCUT2D eigenvalue weighted by Crippen LogP contribution is -2.09. The Labute approximate surface area is 230 Å². The highest BCUT2D eigenvalue weighted by atomic mass is 16.3. The van der Waals surface area contributed by atoms with E-state index in [1.54, 1.807) is 0 Å². The molecule has 5 heterocycles. The minimum Gasteiger partial charge on any atom is -0.455 e. The van der Waals surface area contributed by atoms with Gasteiger partial charge in [0.15, 0.2) is 0 Å². The zero-order valence-corrected chi connectivity index (χ0v) is 21.6. The number of nitrogens with one attached hydrogen (secondary N) is 1. The molecule has 0 aliphatic carbocycles. The van der Waals surface area contributed by atoms with Crippen molar-refractivity contribution >= 4 is 38.3 Å². The molecular formula is C35H24N4O. The number of rotatable bonds is 4. The summed E-state index contributed by atoms with van der Waals surface area (Å²) >= 11 is 0. The van der Waals surface area contributed by atoms with Crippen LogP contribution in [0.1, 0.15) is 5.69 Å². The van der Waals surface area contributed by atoms with Crippen molar-refractivity contribution in [1.29, 1.82) is 0 Å². The molecule has 0 spiro atoms. The van der Waals surface area contributed by atoms with Crippen molar-refractivity contribution in [3.05, 3.63) is 134 Å². The maximum Gasteiger partial charge on any atom is 0.144 e. The van der Waals surface area contributed by atoms with Gasteiger partial charge in [-0.2, -0.15) is 0 Å². The van der Waals surface area contributed by atoms with E-state index in [-0.39, 0.29) is 0 Å². The van der Waals surface area contributed by atoms with E-state index in [0.29, 0.717) is 0 Å². The van der Waals surface area contributed by atoms with Crippen LogP contribution in [0.5, 0.6) is 0 Å². The van der Waals surface area contributed by atoms with Crippen LogP contribution in [0.15, 0.2) is 132 Å². The summed E-state index contributed by atoms with van der Waals surface area (Å²) in [4.78, 5) is 9.46. The molecule has 5 heteroatoms. The Morgan fingerprint density at radius 1 is 0.750 bits per heavy atom. The first-order valence-corrected chi connectivity index (χ1v) is 13.4. The average Bonchev–Trinajstić information content (AvgIpc) is 3.62. The van der Waals surface area contributed by atoms with Gasteiger partial charge in [-0.15, -0.1) is 0 Å². The second-order valence-corrected chi connectivity index (χ2v) is 9.94. The van der Waals surface area contributed by atoms with Crippen molar-refractivity contribution in [2.45, 2.75) is 0 Å². The van der Waals surface area contributed by atoms with E-state index in [0.717, 1.165) is 78.9 Å². The highest BCUT2D eigenvalue weighted by Crippen LogP contribution is 2.40. The van der Waals surface area contributed by atoms with Crippen LogP contribution in [0.2, 0.25) is 0 Å². The van der Waals surface area contributed by atoms with Gasteiger partial charge in [-0.05, 0) is 77.5 Å². The minimum absolute atomic E-state index is 0.776. The summed E-state index contributed by atoms with van der Waals surface area (Å²) in [6, 6.07) is 33.6. The lowest BCUT2D eigenvalue weighted by atomic mass is 10.0.